The quantitative estimate of drug-likeness (QED) is 0.791. The average Bonchev–Trinajstić information content (AvgIpc) is 3.02. The van der Waals surface area contributed by atoms with Crippen LogP contribution in [0.1, 0.15) is 0 Å². The van der Waals surface area contributed by atoms with Crippen LogP contribution in [0.2, 0.25) is 0 Å². The van der Waals surface area contributed by atoms with Crippen molar-refractivity contribution in [2.75, 3.05) is 44.3 Å². The molecule has 1 aliphatic rings. The van der Waals surface area contributed by atoms with E-state index in [1.54, 1.807) is 12.4 Å². The highest BCUT2D eigenvalue weighted by molar-refractivity contribution is 6.99. The van der Waals surface area contributed by atoms with E-state index in [1.165, 1.54) is 11.7 Å². The van der Waals surface area contributed by atoms with Gasteiger partial charge in [0.1, 0.15) is 19.0 Å². The van der Waals surface area contributed by atoms with E-state index >= 15 is 0 Å². The molecule has 0 aliphatic carbocycles. The molecule has 0 amide bonds. The van der Waals surface area contributed by atoms with Crippen molar-refractivity contribution in [2.45, 2.75) is 0 Å². The van der Waals surface area contributed by atoms with Crippen LogP contribution in [-0.2, 0) is 0 Å². The fourth-order valence-electron chi connectivity index (χ4n) is 2.07. The van der Waals surface area contributed by atoms with Gasteiger partial charge in [0.05, 0.1) is 17.9 Å². The molecule has 0 aromatic carbocycles. The minimum atomic E-state index is 0.430. The van der Waals surface area contributed by atoms with E-state index in [0.717, 1.165) is 37.7 Å². The molecular formula is C13H17N5O2S. The van der Waals surface area contributed by atoms with Crippen molar-refractivity contribution in [3.05, 3.63) is 24.5 Å². The van der Waals surface area contributed by atoms with Gasteiger partial charge in [-0.1, -0.05) is 0 Å². The number of anilines is 1. The molecule has 3 heterocycles. The summed E-state index contributed by atoms with van der Waals surface area (Å²) in [6, 6.07) is 3.70. The van der Waals surface area contributed by atoms with Crippen LogP contribution >= 0.6 is 11.7 Å². The van der Waals surface area contributed by atoms with Crippen molar-refractivity contribution < 1.29 is 9.47 Å². The van der Waals surface area contributed by atoms with Crippen LogP contribution in [-0.4, -0.2) is 53.1 Å². The SMILES string of the molecule is c1cncc(OCCOc2nsnc2N2CCNCC2)c1. The van der Waals surface area contributed by atoms with Gasteiger partial charge in [0.25, 0.3) is 5.88 Å². The van der Waals surface area contributed by atoms with Gasteiger partial charge in [0, 0.05) is 32.4 Å². The number of aromatic nitrogens is 3. The monoisotopic (exact) mass is 307 g/mol. The lowest BCUT2D eigenvalue weighted by molar-refractivity contribution is 0.213. The van der Waals surface area contributed by atoms with E-state index in [2.05, 4.69) is 23.9 Å². The standard InChI is InChI=1S/C13H17N5O2S/c1-2-11(10-15-3-1)19-8-9-20-13-12(16-21-17-13)18-6-4-14-5-7-18/h1-3,10,14H,4-9H2. The van der Waals surface area contributed by atoms with Gasteiger partial charge in [-0.2, -0.15) is 4.37 Å². The number of hydrogen-bond donors (Lipinski definition) is 1. The number of pyridine rings is 1. The molecule has 7 nitrogen and oxygen atoms in total. The van der Waals surface area contributed by atoms with Crippen molar-refractivity contribution in [3.8, 4) is 11.6 Å². The lowest BCUT2D eigenvalue weighted by Gasteiger charge is -2.27. The van der Waals surface area contributed by atoms with Gasteiger partial charge in [-0.15, -0.1) is 4.37 Å². The van der Waals surface area contributed by atoms with Gasteiger partial charge in [-0.3, -0.25) is 4.98 Å². The lowest BCUT2D eigenvalue weighted by Crippen LogP contribution is -2.43. The molecule has 112 valence electrons. The number of nitrogens with zero attached hydrogens (tertiary/aromatic N) is 4. The number of rotatable bonds is 6. The molecule has 2 aromatic rings. The molecular weight excluding hydrogens is 290 g/mol. The maximum atomic E-state index is 5.68. The molecule has 21 heavy (non-hydrogen) atoms. The molecule has 8 heteroatoms. The maximum Gasteiger partial charge on any atom is 0.270 e. The smallest absolute Gasteiger partial charge is 0.270 e. The Kier molecular flexibility index (Phi) is 4.80. The van der Waals surface area contributed by atoms with Crippen LogP contribution in [0.25, 0.3) is 0 Å². The van der Waals surface area contributed by atoms with Gasteiger partial charge in [0.2, 0.25) is 5.82 Å². The Hall–Kier alpha value is -1.93. The van der Waals surface area contributed by atoms with Crippen molar-refractivity contribution in [3.63, 3.8) is 0 Å². The van der Waals surface area contributed by atoms with E-state index in [-0.39, 0.29) is 0 Å². The molecule has 0 spiro atoms. The number of hydrogen-bond acceptors (Lipinski definition) is 8. The third-order valence-electron chi connectivity index (χ3n) is 3.08. The molecule has 0 bridgehead atoms. The van der Waals surface area contributed by atoms with Crippen molar-refractivity contribution in [2.24, 2.45) is 0 Å². The second kappa shape index (κ2) is 7.19. The van der Waals surface area contributed by atoms with E-state index in [9.17, 15) is 0 Å². The lowest BCUT2D eigenvalue weighted by atomic mass is 10.3. The molecule has 0 saturated carbocycles. The van der Waals surface area contributed by atoms with Crippen LogP contribution in [0, 0.1) is 0 Å². The van der Waals surface area contributed by atoms with Crippen LogP contribution in [0.15, 0.2) is 24.5 Å². The first-order valence-corrected chi connectivity index (χ1v) is 7.60. The Balaban J connectivity index is 1.48. The predicted octanol–water partition coefficient (Wildman–Crippen LogP) is 0.800. The summed E-state index contributed by atoms with van der Waals surface area (Å²) in [5.41, 5.74) is 0. The van der Waals surface area contributed by atoms with E-state index in [1.807, 2.05) is 12.1 Å². The zero-order valence-corrected chi connectivity index (χ0v) is 12.4. The maximum absolute atomic E-state index is 5.68. The van der Waals surface area contributed by atoms with Crippen LogP contribution in [0.3, 0.4) is 0 Å². The summed E-state index contributed by atoms with van der Waals surface area (Å²) >= 11 is 1.18. The Morgan fingerprint density at radius 3 is 2.86 bits per heavy atom. The predicted molar refractivity (Wildman–Crippen MR) is 80.2 cm³/mol. The molecule has 0 radical (unpaired) electrons. The first-order valence-electron chi connectivity index (χ1n) is 6.87. The van der Waals surface area contributed by atoms with Crippen LogP contribution < -0.4 is 19.7 Å². The van der Waals surface area contributed by atoms with Crippen molar-refractivity contribution in [1.82, 2.24) is 19.0 Å². The van der Waals surface area contributed by atoms with Crippen molar-refractivity contribution >= 4 is 17.5 Å². The van der Waals surface area contributed by atoms with Gasteiger partial charge >= 0.3 is 0 Å². The minimum Gasteiger partial charge on any atom is -0.488 e. The molecule has 3 rings (SSSR count). The summed E-state index contributed by atoms with van der Waals surface area (Å²) in [6.45, 7) is 4.65. The van der Waals surface area contributed by atoms with Crippen LogP contribution in [0.4, 0.5) is 5.82 Å². The molecule has 1 saturated heterocycles. The first kappa shape index (κ1) is 14.0. The largest absolute Gasteiger partial charge is 0.488 e. The number of piperazine rings is 1. The topological polar surface area (TPSA) is 72.4 Å². The van der Waals surface area contributed by atoms with Gasteiger partial charge < -0.3 is 19.7 Å². The summed E-state index contributed by atoms with van der Waals surface area (Å²) in [5.74, 6) is 2.17. The zero-order valence-electron chi connectivity index (χ0n) is 11.6. The fraction of sp³-hybridized carbons (Fsp3) is 0.462. The van der Waals surface area contributed by atoms with E-state index in [4.69, 9.17) is 9.47 Å². The van der Waals surface area contributed by atoms with E-state index < -0.39 is 0 Å². The van der Waals surface area contributed by atoms with E-state index in [0.29, 0.717) is 19.1 Å². The normalized spacial score (nSPS) is 15.0. The fourth-order valence-corrected chi connectivity index (χ4v) is 2.59. The summed E-state index contributed by atoms with van der Waals surface area (Å²) < 4.78 is 19.8. The van der Waals surface area contributed by atoms with Crippen LogP contribution in [0.5, 0.6) is 11.6 Å². The molecule has 2 aromatic heterocycles. The molecule has 1 fully saturated rings. The molecule has 1 aliphatic heterocycles. The van der Waals surface area contributed by atoms with Gasteiger partial charge in [-0.05, 0) is 12.1 Å². The highest BCUT2D eigenvalue weighted by Crippen LogP contribution is 2.25. The summed E-state index contributed by atoms with van der Waals surface area (Å²) in [6.07, 6.45) is 3.39. The Labute approximate surface area is 127 Å². The zero-order chi connectivity index (χ0) is 14.3. The Bertz CT molecular complexity index is 545. The molecule has 0 atom stereocenters. The highest BCUT2D eigenvalue weighted by Gasteiger charge is 2.19. The number of ether oxygens (including phenoxy) is 2. The third-order valence-corrected chi connectivity index (χ3v) is 3.59. The first-order chi connectivity index (χ1) is 10.4. The Morgan fingerprint density at radius 2 is 2.05 bits per heavy atom. The number of nitrogens with one attached hydrogen (secondary N) is 1. The molecule has 0 unspecified atom stereocenters. The minimum absolute atomic E-state index is 0.430. The highest BCUT2D eigenvalue weighted by atomic mass is 32.1. The second-order valence-electron chi connectivity index (χ2n) is 4.52. The summed E-state index contributed by atoms with van der Waals surface area (Å²) in [7, 11) is 0. The summed E-state index contributed by atoms with van der Waals surface area (Å²) in [5, 5.41) is 3.31. The molecule has 1 N–H and O–H groups in total. The van der Waals surface area contributed by atoms with Crippen molar-refractivity contribution in [1.29, 1.82) is 0 Å². The summed E-state index contributed by atoms with van der Waals surface area (Å²) in [4.78, 5) is 6.18. The second-order valence-corrected chi connectivity index (χ2v) is 5.04. The third kappa shape index (κ3) is 3.79. The van der Waals surface area contributed by atoms with Gasteiger partial charge in [-0.25, -0.2) is 0 Å². The Morgan fingerprint density at radius 1 is 1.19 bits per heavy atom. The average molecular weight is 307 g/mol. The van der Waals surface area contributed by atoms with Gasteiger partial charge in [0.15, 0.2) is 0 Å².